The molecule has 0 spiro atoms. The largest absolute Gasteiger partial charge is 0.325 e. The minimum Gasteiger partial charge on any atom is -0.325 e. The number of aryl methyl sites for hydroxylation is 1. The average molecular weight is 382 g/mol. The maximum Gasteiger partial charge on any atom is 0.238 e. The third-order valence-corrected chi connectivity index (χ3v) is 4.88. The van der Waals surface area contributed by atoms with E-state index in [1.54, 1.807) is 11.9 Å². The molecule has 2 aromatic rings. The van der Waals surface area contributed by atoms with Crippen LogP contribution in [0.25, 0.3) is 0 Å². The number of nitrogens with zero attached hydrogens (tertiary/aromatic N) is 1. The van der Waals surface area contributed by atoms with Gasteiger partial charge in [0.2, 0.25) is 11.8 Å². The van der Waals surface area contributed by atoms with E-state index < -0.39 is 0 Å². The molecule has 5 nitrogen and oxygen atoms in total. The van der Waals surface area contributed by atoms with Crippen LogP contribution in [0.4, 0.5) is 11.4 Å². The van der Waals surface area contributed by atoms with E-state index in [1.807, 2.05) is 48.5 Å². The molecular formula is C23H31N3O2. The number of para-hydroxylation sites is 1. The Morgan fingerprint density at radius 1 is 0.929 bits per heavy atom. The molecule has 2 amide bonds. The number of carbonyl (C=O) groups is 2. The van der Waals surface area contributed by atoms with Crippen molar-refractivity contribution in [2.75, 3.05) is 30.8 Å². The molecule has 0 aliphatic carbocycles. The molecule has 0 fully saturated rings. The van der Waals surface area contributed by atoms with Gasteiger partial charge in [-0.15, -0.1) is 0 Å². The molecule has 0 aliphatic rings. The van der Waals surface area contributed by atoms with E-state index in [0.717, 1.165) is 29.8 Å². The van der Waals surface area contributed by atoms with Gasteiger partial charge in [0.1, 0.15) is 0 Å². The molecule has 28 heavy (non-hydrogen) atoms. The van der Waals surface area contributed by atoms with Crippen LogP contribution < -0.4 is 10.6 Å². The van der Waals surface area contributed by atoms with E-state index in [1.165, 1.54) is 5.56 Å². The molecule has 0 bridgehead atoms. The molecule has 0 aliphatic heterocycles. The molecule has 0 saturated carbocycles. The molecule has 5 heteroatoms. The summed E-state index contributed by atoms with van der Waals surface area (Å²) in [6.07, 6.45) is 1.94. The molecule has 2 N–H and O–H groups in total. The Morgan fingerprint density at radius 3 is 2.14 bits per heavy atom. The highest BCUT2D eigenvalue weighted by Crippen LogP contribution is 2.20. The van der Waals surface area contributed by atoms with Crippen LogP contribution in [0.2, 0.25) is 0 Å². The maximum atomic E-state index is 12.3. The van der Waals surface area contributed by atoms with E-state index in [2.05, 4.69) is 31.4 Å². The zero-order chi connectivity index (χ0) is 20.5. The van der Waals surface area contributed by atoms with Crippen molar-refractivity contribution in [1.29, 1.82) is 0 Å². The van der Waals surface area contributed by atoms with Crippen molar-refractivity contribution in [3.63, 3.8) is 0 Å². The van der Waals surface area contributed by atoms with E-state index in [-0.39, 0.29) is 24.9 Å². The number of rotatable bonds is 9. The Morgan fingerprint density at radius 2 is 1.54 bits per heavy atom. The Labute approximate surface area is 168 Å². The predicted octanol–water partition coefficient (Wildman–Crippen LogP) is 4.27. The second-order valence-electron chi connectivity index (χ2n) is 7.21. The predicted molar refractivity (Wildman–Crippen MR) is 116 cm³/mol. The maximum absolute atomic E-state index is 12.3. The number of carbonyl (C=O) groups excluding carboxylic acids is 2. The number of hydrogen-bond acceptors (Lipinski definition) is 3. The molecule has 0 aromatic heterocycles. The molecule has 0 saturated heterocycles. The quantitative estimate of drug-likeness (QED) is 0.682. The Kier molecular flexibility index (Phi) is 8.20. The fourth-order valence-corrected chi connectivity index (χ4v) is 3.02. The minimum absolute atomic E-state index is 0.130. The smallest absolute Gasteiger partial charge is 0.238 e. The zero-order valence-electron chi connectivity index (χ0n) is 17.3. The minimum atomic E-state index is -0.138. The van der Waals surface area contributed by atoms with Gasteiger partial charge in [-0.25, -0.2) is 0 Å². The van der Waals surface area contributed by atoms with Crippen LogP contribution in [-0.2, 0) is 16.0 Å². The van der Waals surface area contributed by atoms with Crippen LogP contribution in [0.1, 0.15) is 44.2 Å². The van der Waals surface area contributed by atoms with Crippen LogP contribution in [0.15, 0.2) is 48.5 Å². The lowest BCUT2D eigenvalue weighted by molar-refractivity contribution is -0.119. The van der Waals surface area contributed by atoms with Crippen LogP contribution in [0, 0.1) is 0 Å². The summed E-state index contributed by atoms with van der Waals surface area (Å²) in [5, 5.41) is 5.81. The molecular weight excluding hydrogens is 350 g/mol. The molecule has 2 rings (SSSR count). The van der Waals surface area contributed by atoms with Crippen molar-refractivity contribution in [3.8, 4) is 0 Å². The summed E-state index contributed by atoms with van der Waals surface area (Å²) in [7, 11) is 1.76. The number of amides is 2. The summed E-state index contributed by atoms with van der Waals surface area (Å²) in [4.78, 5) is 26.2. The zero-order valence-corrected chi connectivity index (χ0v) is 17.3. The molecule has 0 heterocycles. The van der Waals surface area contributed by atoms with Gasteiger partial charge in [-0.2, -0.15) is 0 Å². The van der Waals surface area contributed by atoms with Crippen molar-refractivity contribution in [3.05, 3.63) is 59.7 Å². The highest BCUT2D eigenvalue weighted by molar-refractivity contribution is 5.95. The van der Waals surface area contributed by atoms with Gasteiger partial charge in [0.05, 0.1) is 13.1 Å². The highest BCUT2D eigenvalue weighted by atomic mass is 16.2. The topological polar surface area (TPSA) is 61.4 Å². The van der Waals surface area contributed by atoms with Gasteiger partial charge in [-0.05, 0) is 55.1 Å². The first-order chi connectivity index (χ1) is 13.4. The van der Waals surface area contributed by atoms with Crippen molar-refractivity contribution in [2.45, 2.75) is 39.5 Å². The normalized spacial score (nSPS) is 11.9. The summed E-state index contributed by atoms with van der Waals surface area (Å²) in [5.41, 5.74) is 3.96. The van der Waals surface area contributed by atoms with Crippen molar-refractivity contribution >= 4 is 23.2 Å². The number of benzene rings is 2. The molecule has 2 aromatic carbocycles. The van der Waals surface area contributed by atoms with Gasteiger partial charge in [0, 0.05) is 11.4 Å². The lowest BCUT2D eigenvalue weighted by Crippen LogP contribution is -2.36. The first kappa shape index (κ1) is 21.6. The molecule has 150 valence electrons. The fourth-order valence-electron chi connectivity index (χ4n) is 3.02. The Hall–Kier alpha value is -2.66. The molecule has 0 radical (unpaired) electrons. The van der Waals surface area contributed by atoms with Gasteiger partial charge >= 0.3 is 0 Å². The first-order valence-corrected chi connectivity index (χ1v) is 9.89. The third-order valence-electron chi connectivity index (χ3n) is 4.88. The summed E-state index contributed by atoms with van der Waals surface area (Å²) in [5.74, 6) is 0.238. The summed E-state index contributed by atoms with van der Waals surface area (Å²) < 4.78 is 0. The fraction of sp³-hybridized carbons (Fsp3) is 0.391. The van der Waals surface area contributed by atoms with E-state index in [4.69, 9.17) is 0 Å². The van der Waals surface area contributed by atoms with Gasteiger partial charge < -0.3 is 10.6 Å². The van der Waals surface area contributed by atoms with E-state index >= 15 is 0 Å². The highest BCUT2D eigenvalue weighted by Gasteiger charge is 2.12. The average Bonchev–Trinajstić information content (AvgIpc) is 2.68. The van der Waals surface area contributed by atoms with Crippen LogP contribution in [-0.4, -0.2) is 36.9 Å². The van der Waals surface area contributed by atoms with Gasteiger partial charge in [-0.3, -0.25) is 14.5 Å². The molecule has 1 atom stereocenters. The summed E-state index contributed by atoms with van der Waals surface area (Å²) in [6, 6.07) is 15.7. The number of hydrogen-bond donors (Lipinski definition) is 2. The van der Waals surface area contributed by atoms with Gasteiger partial charge in [0.15, 0.2) is 0 Å². The van der Waals surface area contributed by atoms with Crippen LogP contribution >= 0.6 is 0 Å². The summed E-state index contributed by atoms with van der Waals surface area (Å²) in [6.45, 7) is 6.70. The van der Waals surface area contributed by atoms with E-state index in [0.29, 0.717) is 5.92 Å². The number of anilines is 2. The second kappa shape index (κ2) is 10.6. The van der Waals surface area contributed by atoms with Crippen LogP contribution in [0.5, 0.6) is 0 Å². The Bertz CT molecular complexity index is 787. The second-order valence-corrected chi connectivity index (χ2v) is 7.21. The monoisotopic (exact) mass is 381 g/mol. The van der Waals surface area contributed by atoms with Crippen molar-refractivity contribution in [1.82, 2.24) is 4.90 Å². The first-order valence-electron chi connectivity index (χ1n) is 9.89. The van der Waals surface area contributed by atoms with E-state index in [9.17, 15) is 9.59 Å². The standard InChI is InChI=1S/C23H31N3O2/c1-5-17(3)19-11-13-20(14-12-19)24-22(27)15-26(4)16-23(28)25-21-10-8-7-9-18(21)6-2/h7-14,17H,5-6,15-16H2,1-4H3,(H,24,27)(H,25,28)/t17-/m0/s1. The van der Waals surface area contributed by atoms with Crippen molar-refractivity contribution < 1.29 is 9.59 Å². The van der Waals surface area contributed by atoms with Gasteiger partial charge in [0.25, 0.3) is 0 Å². The molecule has 0 unspecified atom stereocenters. The number of nitrogens with one attached hydrogen (secondary N) is 2. The third kappa shape index (κ3) is 6.50. The summed E-state index contributed by atoms with van der Waals surface area (Å²) >= 11 is 0. The number of likely N-dealkylation sites (N-methyl/N-ethyl adjacent to an activating group) is 1. The SMILES string of the molecule is CCc1ccccc1NC(=O)CN(C)CC(=O)Nc1ccc([C@@H](C)CC)cc1. The lowest BCUT2D eigenvalue weighted by Gasteiger charge is -2.17. The van der Waals surface area contributed by atoms with Gasteiger partial charge in [-0.1, -0.05) is 51.1 Å². The Balaban J connectivity index is 1.82. The van der Waals surface area contributed by atoms with Crippen molar-refractivity contribution in [2.24, 2.45) is 0 Å². The van der Waals surface area contributed by atoms with Crippen LogP contribution in [0.3, 0.4) is 0 Å². The lowest BCUT2D eigenvalue weighted by atomic mass is 9.99.